The van der Waals surface area contributed by atoms with Crippen LogP contribution < -0.4 is 10.5 Å². The number of thioether (sulfide) groups is 1. The van der Waals surface area contributed by atoms with Gasteiger partial charge < -0.3 is 10.5 Å². The largest absolute Gasteiger partial charge is 0.478 e. The van der Waals surface area contributed by atoms with Gasteiger partial charge in [0.1, 0.15) is 0 Å². The van der Waals surface area contributed by atoms with E-state index in [-0.39, 0.29) is 0 Å². The van der Waals surface area contributed by atoms with Crippen LogP contribution in [0.5, 0.6) is 5.88 Å². The third-order valence-electron chi connectivity index (χ3n) is 2.74. The number of nitrogens with zero attached hydrogens (tertiary/aromatic N) is 2. The Kier molecular flexibility index (Phi) is 3.88. The molecule has 5 heteroatoms. The maximum atomic E-state index is 5.80. The van der Waals surface area contributed by atoms with Gasteiger partial charge in [-0.15, -0.1) is 5.10 Å². The quantitative estimate of drug-likeness (QED) is 0.873. The molecule has 1 aliphatic heterocycles. The number of aromatic nitrogens is 2. The fourth-order valence-corrected chi connectivity index (χ4v) is 3.22. The van der Waals surface area contributed by atoms with Crippen molar-refractivity contribution in [2.24, 2.45) is 0 Å². The van der Waals surface area contributed by atoms with E-state index in [0.29, 0.717) is 16.8 Å². The summed E-state index contributed by atoms with van der Waals surface area (Å²) in [6, 6.07) is 1.88. The Morgan fingerprint density at radius 2 is 2.38 bits per heavy atom. The van der Waals surface area contributed by atoms with Gasteiger partial charge in [-0.2, -0.15) is 16.9 Å². The van der Waals surface area contributed by atoms with E-state index in [9.17, 15) is 0 Å². The first kappa shape index (κ1) is 11.5. The molecule has 0 aromatic carbocycles. The lowest BCUT2D eigenvalue weighted by Gasteiger charge is -2.20. The Morgan fingerprint density at radius 1 is 1.50 bits per heavy atom. The molecule has 0 aliphatic carbocycles. The molecular weight excluding hydrogens is 222 g/mol. The first-order valence-electron chi connectivity index (χ1n) is 5.57. The van der Waals surface area contributed by atoms with Gasteiger partial charge in [-0.05, 0) is 24.7 Å². The first-order valence-corrected chi connectivity index (χ1v) is 6.62. The number of hydrogen-bond donors (Lipinski definition) is 1. The molecular formula is C11H17N3OS. The van der Waals surface area contributed by atoms with Crippen LogP contribution in [0, 0.1) is 0 Å². The topological polar surface area (TPSA) is 61.0 Å². The van der Waals surface area contributed by atoms with E-state index < -0.39 is 0 Å². The molecule has 16 heavy (non-hydrogen) atoms. The van der Waals surface area contributed by atoms with Crippen molar-refractivity contribution in [3.63, 3.8) is 0 Å². The molecule has 1 aliphatic rings. The summed E-state index contributed by atoms with van der Waals surface area (Å²) < 4.78 is 4.99. The van der Waals surface area contributed by atoms with E-state index in [2.05, 4.69) is 10.2 Å². The lowest BCUT2D eigenvalue weighted by atomic mass is 10.1. The van der Waals surface area contributed by atoms with Crippen molar-refractivity contribution >= 4 is 17.4 Å². The van der Waals surface area contributed by atoms with Crippen LogP contribution in [-0.2, 0) is 6.42 Å². The molecule has 1 atom stereocenters. The van der Waals surface area contributed by atoms with Crippen LogP contribution in [0.15, 0.2) is 6.07 Å². The Hall–Kier alpha value is -0.970. The molecule has 88 valence electrons. The number of ether oxygens (including phenoxy) is 1. The van der Waals surface area contributed by atoms with E-state index in [1.807, 2.05) is 17.8 Å². The van der Waals surface area contributed by atoms with Crippen molar-refractivity contribution in [1.29, 1.82) is 0 Å². The summed E-state index contributed by atoms with van der Waals surface area (Å²) in [7, 11) is 1.55. The number of nitrogens with two attached hydrogens (primary N) is 1. The zero-order chi connectivity index (χ0) is 11.4. The zero-order valence-corrected chi connectivity index (χ0v) is 10.3. The van der Waals surface area contributed by atoms with Crippen molar-refractivity contribution in [3.8, 4) is 5.88 Å². The Balaban J connectivity index is 2.01. The monoisotopic (exact) mass is 239 g/mol. The number of hydrogen-bond acceptors (Lipinski definition) is 5. The highest BCUT2D eigenvalue weighted by atomic mass is 32.2. The van der Waals surface area contributed by atoms with Crippen molar-refractivity contribution in [2.45, 2.75) is 30.9 Å². The number of rotatable bonds is 3. The minimum absolute atomic E-state index is 0.417. The normalized spacial score (nSPS) is 20.7. The summed E-state index contributed by atoms with van der Waals surface area (Å²) >= 11 is 2.03. The Labute approximate surface area is 100.0 Å². The highest BCUT2D eigenvalue weighted by Gasteiger charge is 2.16. The van der Waals surface area contributed by atoms with Gasteiger partial charge in [-0.25, -0.2) is 0 Å². The molecule has 0 spiro atoms. The summed E-state index contributed by atoms with van der Waals surface area (Å²) in [5, 5.41) is 8.77. The SMILES string of the molecule is COc1nnc(CC2CCCCS2)cc1N. The van der Waals surface area contributed by atoms with Crippen LogP contribution >= 0.6 is 11.8 Å². The Morgan fingerprint density at radius 3 is 3.00 bits per heavy atom. The minimum atomic E-state index is 0.417. The van der Waals surface area contributed by atoms with Crippen molar-refractivity contribution in [3.05, 3.63) is 11.8 Å². The van der Waals surface area contributed by atoms with Crippen LogP contribution in [0.3, 0.4) is 0 Å². The van der Waals surface area contributed by atoms with Crippen molar-refractivity contribution in [2.75, 3.05) is 18.6 Å². The van der Waals surface area contributed by atoms with Gasteiger partial charge in [0.05, 0.1) is 18.5 Å². The second-order valence-corrected chi connectivity index (χ2v) is 5.40. The zero-order valence-electron chi connectivity index (χ0n) is 9.48. The maximum absolute atomic E-state index is 5.80. The molecule has 2 heterocycles. The molecule has 1 aromatic rings. The first-order chi connectivity index (χ1) is 7.79. The van der Waals surface area contributed by atoms with Crippen LogP contribution in [0.1, 0.15) is 25.0 Å². The van der Waals surface area contributed by atoms with E-state index >= 15 is 0 Å². The molecule has 2 N–H and O–H groups in total. The number of anilines is 1. The molecule has 0 saturated carbocycles. The van der Waals surface area contributed by atoms with Crippen LogP contribution in [-0.4, -0.2) is 28.3 Å². The fraction of sp³-hybridized carbons (Fsp3) is 0.636. The smallest absolute Gasteiger partial charge is 0.256 e. The number of nitrogen functional groups attached to an aromatic ring is 1. The highest BCUT2D eigenvalue weighted by molar-refractivity contribution is 7.99. The highest BCUT2D eigenvalue weighted by Crippen LogP contribution is 2.28. The lowest BCUT2D eigenvalue weighted by Crippen LogP contribution is -2.14. The fourth-order valence-electron chi connectivity index (χ4n) is 1.90. The van der Waals surface area contributed by atoms with Gasteiger partial charge in [0.25, 0.3) is 5.88 Å². The second kappa shape index (κ2) is 5.39. The number of methoxy groups -OCH3 is 1. The molecule has 0 radical (unpaired) electrons. The molecule has 2 rings (SSSR count). The maximum Gasteiger partial charge on any atom is 0.256 e. The van der Waals surface area contributed by atoms with E-state index in [4.69, 9.17) is 10.5 Å². The third kappa shape index (κ3) is 2.78. The van der Waals surface area contributed by atoms with E-state index in [0.717, 1.165) is 12.1 Å². The summed E-state index contributed by atoms with van der Waals surface area (Å²) in [6.45, 7) is 0. The molecule has 1 aromatic heterocycles. The average Bonchev–Trinajstić information content (AvgIpc) is 2.31. The lowest BCUT2D eigenvalue weighted by molar-refractivity contribution is 0.393. The van der Waals surface area contributed by atoms with Crippen LogP contribution in [0.4, 0.5) is 5.69 Å². The minimum Gasteiger partial charge on any atom is -0.478 e. The summed E-state index contributed by atoms with van der Waals surface area (Å²) in [6.07, 6.45) is 4.92. The Bertz CT molecular complexity index is 353. The molecule has 0 bridgehead atoms. The van der Waals surface area contributed by atoms with Crippen LogP contribution in [0.2, 0.25) is 0 Å². The molecule has 1 fully saturated rings. The van der Waals surface area contributed by atoms with E-state index in [1.165, 1.54) is 25.0 Å². The van der Waals surface area contributed by atoms with Gasteiger partial charge in [0.2, 0.25) is 0 Å². The molecule has 4 nitrogen and oxygen atoms in total. The molecule has 1 unspecified atom stereocenters. The van der Waals surface area contributed by atoms with Crippen molar-refractivity contribution < 1.29 is 4.74 Å². The second-order valence-electron chi connectivity index (χ2n) is 3.99. The van der Waals surface area contributed by atoms with Gasteiger partial charge in [-0.3, -0.25) is 0 Å². The van der Waals surface area contributed by atoms with E-state index in [1.54, 1.807) is 7.11 Å². The van der Waals surface area contributed by atoms with Gasteiger partial charge in [0.15, 0.2) is 0 Å². The van der Waals surface area contributed by atoms with Crippen molar-refractivity contribution in [1.82, 2.24) is 10.2 Å². The van der Waals surface area contributed by atoms with Gasteiger partial charge >= 0.3 is 0 Å². The van der Waals surface area contributed by atoms with Gasteiger partial charge in [-0.1, -0.05) is 6.42 Å². The molecule has 0 amide bonds. The standard InChI is InChI=1S/C11H17N3OS/c1-15-11-10(12)7-8(13-14-11)6-9-4-2-3-5-16-9/h7,9H,2-6H2,1H3,(H2,12,13). The third-order valence-corrected chi connectivity index (χ3v) is 4.14. The van der Waals surface area contributed by atoms with Crippen LogP contribution in [0.25, 0.3) is 0 Å². The molecule has 1 saturated heterocycles. The predicted octanol–water partition coefficient (Wildman–Crippen LogP) is 1.90. The average molecular weight is 239 g/mol. The predicted molar refractivity (Wildman–Crippen MR) is 66.8 cm³/mol. The van der Waals surface area contributed by atoms with Gasteiger partial charge in [0, 0.05) is 11.7 Å². The summed E-state index contributed by atoms with van der Waals surface area (Å²) in [4.78, 5) is 0. The summed E-state index contributed by atoms with van der Waals surface area (Å²) in [5.41, 5.74) is 7.35. The summed E-state index contributed by atoms with van der Waals surface area (Å²) in [5.74, 6) is 1.68.